The topological polar surface area (TPSA) is 89.4 Å². The minimum atomic E-state index is -3.50. The number of hydrogen-bond acceptors (Lipinski definition) is 4. The lowest BCUT2D eigenvalue weighted by Gasteiger charge is -2.14. The number of nitrogens with one attached hydrogen (secondary N) is 2. The van der Waals surface area contributed by atoms with Gasteiger partial charge in [0.1, 0.15) is 5.75 Å². The van der Waals surface area contributed by atoms with Crippen LogP contribution in [0.15, 0.2) is 65.8 Å². The first-order valence-electron chi connectivity index (χ1n) is 8.67. The number of carbonyl (C=O) groups is 1. The maximum atomic E-state index is 12.7. The number of nitrogens with zero attached hydrogens (tertiary/aromatic N) is 1. The summed E-state index contributed by atoms with van der Waals surface area (Å²) in [7, 11) is -0.659. The van der Waals surface area contributed by atoms with Crippen molar-refractivity contribution in [3.8, 4) is 11.4 Å². The lowest BCUT2D eigenvalue weighted by molar-refractivity contribution is 0.0948. The van der Waals surface area contributed by atoms with Gasteiger partial charge in [0.25, 0.3) is 5.91 Å². The van der Waals surface area contributed by atoms with Gasteiger partial charge in [-0.2, -0.15) is 0 Å². The molecule has 1 aromatic heterocycles. The SMILES string of the molecule is CNS(=O)(=O)c1ccc(CNC(=O)c2cc(Cl)c(-n3cccc3)cc2OC)cc1. The first-order valence-corrected chi connectivity index (χ1v) is 10.5. The molecule has 0 fully saturated rings. The Balaban J connectivity index is 1.76. The Kier molecular flexibility index (Phi) is 6.26. The Bertz CT molecular complexity index is 1110. The molecule has 2 aromatic carbocycles. The van der Waals surface area contributed by atoms with Gasteiger partial charge < -0.3 is 14.6 Å². The lowest BCUT2D eigenvalue weighted by atomic mass is 10.1. The van der Waals surface area contributed by atoms with Crippen molar-refractivity contribution in [2.24, 2.45) is 0 Å². The van der Waals surface area contributed by atoms with E-state index >= 15 is 0 Å². The molecule has 0 aliphatic rings. The Morgan fingerprint density at radius 3 is 2.38 bits per heavy atom. The van der Waals surface area contributed by atoms with Crippen molar-refractivity contribution in [3.63, 3.8) is 0 Å². The van der Waals surface area contributed by atoms with Crippen molar-refractivity contribution in [2.75, 3.05) is 14.2 Å². The zero-order valence-corrected chi connectivity index (χ0v) is 17.4. The third kappa shape index (κ3) is 4.61. The molecule has 0 unspecified atom stereocenters. The summed E-state index contributed by atoms with van der Waals surface area (Å²) in [6.45, 7) is 0.221. The largest absolute Gasteiger partial charge is 0.496 e. The highest BCUT2D eigenvalue weighted by Crippen LogP contribution is 2.30. The van der Waals surface area contributed by atoms with E-state index in [2.05, 4.69) is 10.0 Å². The monoisotopic (exact) mass is 433 g/mol. The standard InChI is InChI=1S/C20H20ClN3O4S/c1-22-29(26,27)15-7-5-14(6-8-15)13-23-20(25)16-11-17(21)18(12-19(16)28-2)24-9-3-4-10-24/h3-12,22H,13H2,1-2H3,(H,23,25). The molecule has 9 heteroatoms. The predicted molar refractivity (Wildman–Crippen MR) is 111 cm³/mol. The number of sulfonamides is 1. The van der Waals surface area contributed by atoms with E-state index in [1.54, 1.807) is 24.3 Å². The average molecular weight is 434 g/mol. The molecular weight excluding hydrogens is 414 g/mol. The summed E-state index contributed by atoms with van der Waals surface area (Å²) in [5.41, 5.74) is 1.76. The van der Waals surface area contributed by atoms with Gasteiger partial charge in [-0.15, -0.1) is 0 Å². The number of ether oxygens (including phenoxy) is 1. The van der Waals surface area contributed by atoms with Crippen LogP contribution in [0.4, 0.5) is 0 Å². The molecule has 152 valence electrons. The minimum absolute atomic E-state index is 0.157. The van der Waals surface area contributed by atoms with Crippen molar-refractivity contribution < 1.29 is 17.9 Å². The van der Waals surface area contributed by atoms with Gasteiger partial charge in [-0.1, -0.05) is 23.7 Å². The fourth-order valence-electron chi connectivity index (χ4n) is 2.76. The van der Waals surface area contributed by atoms with Gasteiger partial charge in [0, 0.05) is 25.0 Å². The summed E-state index contributed by atoms with van der Waals surface area (Å²) in [4.78, 5) is 12.8. The van der Waals surface area contributed by atoms with E-state index in [1.807, 2.05) is 29.1 Å². The van der Waals surface area contributed by atoms with Crippen molar-refractivity contribution in [1.29, 1.82) is 0 Å². The zero-order chi connectivity index (χ0) is 21.0. The first kappa shape index (κ1) is 20.9. The second-order valence-electron chi connectivity index (χ2n) is 6.13. The molecule has 2 N–H and O–H groups in total. The molecule has 29 heavy (non-hydrogen) atoms. The second kappa shape index (κ2) is 8.69. The third-order valence-corrected chi connectivity index (χ3v) is 6.08. The van der Waals surface area contributed by atoms with E-state index in [0.29, 0.717) is 22.0 Å². The van der Waals surface area contributed by atoms with Gasteiger partial charge in [-0.3, -0.25) is 4.79 Å². The number of benzene rings is 2. The van der Waals surface area contributed by atoms with Gasteiger partial charge in [0.15, 0.2) is 0 Å². The highest BCUT2D eigenvalue weighted by atomic mass is 35.5. The minimum Gasteiger partial charge on any atom is -0.496 e. The molecule has 0 atom stereocenters. The van der Waals surface area contributed by atoms with Crippen LogP contribution in [-0.2, 0) is 16.6 Å². The van der Waals surface area contributed by atoms with Crippen LogP contribution in [0.5, 0.6) is 5.75 Å². The van der Waals surface area contributed by atoms with Crippen LogP contribution in [0.2, 0.25) is 5.02 Å². The van der Waals surface area contributed by atoms with Crippen LogP contribution in [-0.4, -0.2) is 33.0 Å². The van der Waals surface area contributed by atoms with Gasteiger partial charge in [-0.05, 0) is 42.9 Å². The molecule has 0 radical (unpaired) electrons. The summed E-state index contributed by atoms with van der Waals surface area (Å²) in [5, 5.41) is 3.21. The van der Waals surface area contributed by atoms with Crippen LogP contribution in [0.1, 0.15) is 15.9 Å². The van der Waals surface area contributed by atoms with Crippen molar-refractivity contribution in [3.05, 3.63) is 77.1 Å². The molecule has 0 bridgehead atoms. The van der Waals surface area contributed by atoms with Gasteiger partial charge in [-0.25, -0.2) is 13.1 Å². The lowest BCUT2D eigenvalue weighted by Crippen LogP contribution is -2.23. The highest BCUT2D eigenvalue weighted by Gasteiger charge is 2.17. The van der Waals surface area contributed by atoms with Gasteiger partial charge in [0.05, 0.1) is 28.3 Å². The Morgan fingerprint density at radius 2 is 1.79 bits per heavy atom. The van der Waals surface area contributed by atoms with Crippen LogP contribution in [0, 0.1) is 0 Å². The third-order valence-electron chi connectivity index (χ3n) is 4.35. The molecule has 1 heterocycles. The van der Waals surface area contributed by atoms with E-state index in [0.717, 1.165) is 5.56 Å². The van der Waals surface area contributed by atoms with Crippen molar-refractivity contribution in [2.45, 2.75) is 11.4 Å². The number of methoxy groups -OCH3 is 1. The van der Waals surface area contributed by atoms with Crippen molar-refractivity contribution in [1.82, 2.24) is 14.6 Å². The Hall–Kier alpha value is -2.81. The van der Waals surface area contributed by atoms with E-state index in [9.17, 15) is 13.2 Å². The molecule has 3 aromatic rings. The number of hydrogen-bond donors (Lipinski definition) is 2. The molecule has 0 aliphatic carbocycles. The van der Waals surface area contributed by atoms with Gasteiger partial charge in [0.2, 0.25) is 10.0 Å². The maximum absolute atomic E-state index is 12.7. The maximum Gasteiger partial charge on any atom is 0.255 e. The van der Waals surface area contributed by atoms with Crippen molar-refractivity contribution >= 4 is 27.5 Å². The van der Waals surface area contributed by atoms with E-state index in [4.69, 9.17) is 16.3 Å². The molecular formula is C20H20ClN3O4S. The van der Waals surface area contributed by atoms with E-state index < -0.39 is 10.0 Å². The van der Waals surface area contributed by atoms with E-state index in [-0.39, 0.29) is 17.3 Å². The Morgan fingerprint density at radius 1 is 1.14 bits per heavy atom. The Labute approximate surface area is 174 Å². The summed E-state index contributed by atoms with van der Waals surface area (Å²) in [6.07, 6.45) is 3.69. The fourth-order valence-corrected chi connectivity index (χ4v) is 3.76. The summed E-state index contributed by atoms with van der Waals surface area (Å²) in [5.74, 6) is 0.0424. The van der Waals surface area contributed by atoms with Crippen LogP contribution < -0.4 is 14.8 Å². The number of amides is 1. The highest BCUT2D eigenvalue weighted by molar-refractivity contribution is 7.89. The van der Waals surface area contributed by atoms with Crippen LogP contribution in [0.25, 0.3) is 5.69 Å². The smallest absolute Gasteiger partial charge is 0.255 e. The van der Waals surface area contributed by atoms with Crippen LogP contribution in [0.3, 0.4) is 0 Å². The number of rotatable bonds is 7. The quantitative estimate of drug-likeness (QED) is 0.599. The first-order chi connectivity index (χ1) is 13.9. The normalized spacial score (nSPS) is 11.3. The molecule has 0 spiro atoms. The number of carbonyl (C=O) groups excluding carboxylic acids is 1. The molecule has 0 aliphatic heterocycles. The fraction of sp³-hybridized carbons (Fsp3) is 0.150. The van der Waals surface area contributed by atoms with Crippen LogP contribution >= 0.6 is 11.6 Å². The zero-order valence-electron chi connectivity index (χ0n) is 15.8. The summed E-state index contributed by atoms with van der Waals surface area (Å²) < 4.78 is 33.0. The molecule has 3 rings (SSSR count). The molecule has 7 nitrogen and oxygen atoms in total. The molecule has 1 amide bonds. The average Bonchev–Trinajstić information content (AvgIpc) is 3.26. The molecule has 0 saturated carbocycles. The number of aromatic nitrogens is 1. The predicted octanol–water partition coefficient (Wildman–Crippen LogP) is 2.98. The van der Waals surface area contributed by atoms with E-state index in [1.165, 1.54) is 26.3 Å². The summed E-state index contributed by atoms with van der Waals surface area (Å²) in [6, 6.07) is 13.3. The molecule has 0 saturated heterocycles. The second-order valence-corrected chi connectivity index (χ2v) is 8.42. The number of halogens is 1. The van der Waals surface area contributed by atoms with Gasteiger partial charge >= 0.3 is 0 Å². The summed E-state index contributed by atoms with van der Waals surface area (Å²) >= 11 is 6.37.